The molecule has 5 nitrogen and oxygen atoms in total. The summed E-state index contributed by atoms with van der Waals surface area (Å²) in [7, 11) is 2.20. The van der Waals surface area contributed by atoms with Gasteiger partial charge in [-0.15, -0.1) is 0 Å². The Labute approximate surface area is 175 Å². The molecule has 1 N–H and O–H groups in total. The van der Waals surface area contributed by atoms with E-state index in [1.165, 1.54) is 11.1 Å². The predicted octanol–water partition coefficient (Wildman–Crippen LogP) is 2.26. The first kappa shape index (κ1) is 20.8. The highest BCUT2D eigenvalue weighted by atomic mass is 16.3. The Morgan fingerprint density at radius 1 is 1.10 bits per heavy atom. The average Bonchev–Trinajstić information content (AvgIpc) is 3.55. The van der Waals surface area contributed by atoms with Crippen LogP contribution in [0.4, 0.5) is 0 Å². The summed E-state index contributed by atoms with van der Waals surface area (Å²) >= 11 is 0. The molecule has 4 rings (SSSR count). The highest BCUT2D eigenvalue weighted by Crippen LogP contribution is 2.50. The zero-order chi connectivity index (χ0) is 20.4. The fourth-order valence-corrected chi connectivity index (χ4v) is 5.40. The van der Waals surface area contributed by atoms with Crippen LogP contribution in [0.3, 0.4) is 0 Å². The molecular weight excluding hydrogens is 362 g/mol. The zero-order valence-electron chi connectivity index (χ0n) is 18.1. The number of piperazine rings is 1. The van der Waals surface area contributed by atoms with Crippen LogP contribution in [0.15, 0.2) is 24.3 Å². The van der Waals surface area contributed by atoms with Crippen molar-refractivity contribution >= 4 is 5.91 Å². The number of likely N-dealkylation sites (N-methyl/N-ethyl adjacent to an activating group) is 1. The number of aliphatic hydroxyl groups excluding tert-OH is 1. The van der Waals surface area contributed by atoms with E-state index in [1.54, 1.807) is 0 Å². The lowest BCUT2D eigenvalue weighted by Crippen LogP contribution is -2.57. The van der Waals surface area contributed by atoms with Gasteiger partial charge in [-0.25, -0.2) is 0 Å². The van der Waals surface area contributed by atoms with Crippen LogP contribution >= 0.6 is 0 Å². The highest BCUT2D eigenvalue weighted by Gasteiger charge is 2.53. The first-order valence-corrected chi connectivity index (χ1v) is 11.4. The lowest BCUT2D eigenvalue weighted by Gasteiger charge is -2.47. The molecule has 29 heavy (non-hydrogen) atoms. The molecule has 3 aliphatic rings. The summed E-state index contributed by atoms with van der Waals surface area (Å²) in [4.78, 5) is 20.8. The Morgan fingerprint density at radius 3 is 2.41 bits per heavy atom. The lowest BCUT2D eigenvalue weighted by molar-refractivity contribution is -0.137. The Balaban J connectivity index is 1.45. The molecule has 160 valence electrons. The van der Waals surface area contributed by atoms with Gasteiger partial charge in [0.2, 0.25) is 5.91 Å². The Bertz CT molecular complexity index is 693. The van der Waals surface area contributed by atoms with Crippen LogP contribution < -0.4 is 0 Å². The first-order valence-electron chi connectivity index (χ1n) is 11.4. The van der Waals surface area contributed by atoms with E-state index in [1.807, 2.05) is 0 Å². The third-order valence-corrected chi connectivity index (χ3v) is 7.48. The maximum absolute atomic E-state index is 13.6. The first-order chi connectivity index (χ1) is 14.0. The van der Waals surface area contributed by atoms with Crippen molar-refractivity contribution in [3.05, 3.63) is 35.4 Å². The van der Waals surface area contributed by atoms with Gasteiger partial charge in [-0.3, -0.25) is 9.69 Å². The Morgan fingerprint density at radius 2 is 1.79 bits per heavy atom. The van der Waals surface area contributed by atoms with E-state index in [-0.39, 0.29) is 12.0 Å². The van der Waals surface area contributed by atoms with Crippen LogP contribution in [0.1, 0.15) is 43.2 Å². The summed E-state index contributed by atoms with van der Waals surface area (Å²) in [6.07, 6.45) is 4.87. The molecule has 2 heterocycles. The van der Waals surface area contributed by atoms with Crippen LogP contribution in [0, 0.1) is 12.8 Å². The van der Waals surface area contributed by atoms with Gasteiger partial charge in [-0.2, -0.15) is 0 Å². The third-order valence-electron chi connectivity index (χ3n) is 7.48. The lowest BCUT2D eigenvalue weighted by atomic mass is 9.85. The van der Waals surface area contributed by atoms with E-state index in [4.69, 9.17) is 0 Å². The topological polar surface area (TPSA) is 47.0 Å². The SMILES string of the molecule is Cc1ccc(C2(C(=O)N3CC[C@H](N4CCN(C)CC4)[C@H](CCCO)C3)CC2)cc1. The minimum absolute atomic E-state index is 0.243. The number of amides is 1. The normalized spacial score (nSPS) is 27.8. The van der Waals surface area contributed by atoms with Crippen LogP contribution in [-0.2, 0) is 10.2 Å². The molecular formula is C24H37N3O2. The number of hydrogen-bond donors (Lipinski definition) is 1. The van der Waals surface area contributed by atoms with Crippen molar-refractivity contribution < 1.29 is 9.90 Å². The van der Waals surface area contributed by atoms with Crippen molar-refractivity contribution in [3.63, 3.8) is 0 Å². The number of rotatable bonds is 6. The Kier molecular flexibility index (Phi) is 6.28. The molecule has 3 fully saturated rings. The van der Waals surface area contributed by atoms with E-state index in [0.29, 0.717) is 17.9 Å². The standard InChI is InChI=1S/C24H37N3O2/c1-19-5-7-21(8-6-19)24(10-11-24)23(29)27-12-9-22(20(18-27)4-3-17-28)26-15-13-25(2)14-16-26/h5-8,20,22,28H,3-4,9-18H2,1-2H3/t20-,22+/m1/s1. The fourth-order valence-electron chi connectivity index (χ4n) is 5.40. The average molecular weight is 400 g/mol. The molecule has 2 atom stereocenters. The van der Waals surface area contributed by atoms with Crippen molar-refractivity contribution in [2.75, 3.05) is 52.9 Å². The minimum atomic E-state index is -0.268. The fraction of sp³-hybridized carbons (Fsp3) is 0.708. The van der Waals surface area contributed by atoms with Crippen LogP contribution in [0.5, 0.6) is 0 Å². The molecule has 2 saturated heterocycles. The van der Waals surface area contributed by atoms with Gasteiger partial charge in [-0.05, 0) is 57.6 Å². The smallest absolute Gasteiger partial charge is 0.233 e. The highest BCUT2D eigenvalue weighted by molar-refractivity contribution is 5.91. The summed E-state index contributed by atoms with van der Waals surface area (Å²) in [5, 5.41) is 9.41. The van der Waals surface area contributed by atoms with Gasteiger partial charge in [0.15, 0.2) is 0 Å². The molecule has 0 radical (unpaired) electrons. The number of carbonyl (C=O) groups is 1. The third kappa shape index (κ3) is 4.37. The van der Waals surface area contributed by atoms with Crippen molar-refractivity contribution in [3.8, 4) is 0 Å². The minimum Gasteiger partial charge on any atom is -0.396 e. The maximum Gasteiger partial charge on any atom is 0.233 e. The molecule has 0 spiro atoms. The van der Waals surface area contributed by atoms with Gasteiger partial charge in [0, 0.05) is 51.9 Å². The van der Waals surface area contributed by atoms with Gasteiger partial charge < -0.3 is 14.9 Å². The van der Waals surface area contributed by atoms with Gasteiger partial charge in [0.1, 0.15) is 0 Å². The van der Waals surface area contributed by atoms with Crippen molar-refractivity contribution in [2.24, 2.45) is 5.92 Å². The molecule has 1 aromatic rings. The van der Waals surface area contributed by atoms with Crippen molar-refractivity contribution in [2.45, 2.75) is 50.5 Å². The van der Waals surface area contributed by atoms with E-state index in [9.17, 15) is 9.90 Å². The van der Waals surface area contributed by atoms with Crippen LogP contribution in [0.2, 0.25) is 0 Å². The summed E-state index contributed by atoms with van der Waals surface area (Å²) in [5.41, 5.74) is 2.17. The van der Waals surface area contributed by atoms with Gasteiger partial charge >= 0.3 is 0 Å². The molecule has 1 aliphatic carbocycles. The van der Waals surface area contributed by atoms with Gasteiger partial charge in [0.05, 0.1) is 5.41 Å². The van der Waals surface area contributed by atoms with E-state index < -0.39 is 0 Å². The van der Waals surface area contributed by atoms with Crippen LogP contribution in [-0.4, -0.2) is 84.7 Å². The van der Waals surface area contributed by atoms with Crippen LogP contribution in [0.25, 0.3) is 0 Å². The molecule has 5 heteroatoms. The quantitative estimate of drug-likeness (QED) is 0.797. The number of hydrogen-bond acceptors (Lipinski definition) is 4. The van der Waals surface area contributed by atoms with E-state index in [2.05, 4.69) is 52.9 Å². The van der Waals surface area contributed by atoms with Gasteiger partial charge in [0.25, 0.3) is 0 Å². The molecule has 0 aromatic heterocycles. The van der Waals surface area contributed by atoms with E-state index in [0.717, 1.165) is 71.4 Å². The molecule has 0 bridgehead atoms. The molecule has 1 amide bonds. The molecule has 0 unspecified atom stereocenters. The summed E-state index contributed by atoms with van der Waals surface area (Å²) in [5.74, 6) is 0.809. The second kappa shape index (κ2) is 8.75. The zero-order valence-corrected chi connectivity index (χ0v) is 18.1. The second-order valence-electron chi connectivity index (χ2n) is 9.52. The number of aryl methyl sites for hydroxylation is 1. The second-order valence-corrected chi connectivity index (χ2v) is 9.52. The predicted molar refractivity (Wildman–Crippen MR) is 116 cm³/mol. The number of carbonyl (C=O) groups excluding carboxylic acids is 1. The number of benzene rings is 1. The molecule has 1 saturated carbocycles. The Hall–Kier alpha value is -1.43. The van der Waals surface area contributed by atoms with Crippen molar-refractivity contribution in [1.29, 1.82) is 0 Å². The van der Waals surface area contributed by atoms with E-state index >= 15 is 0 Å². The number of likely N-dealkylation sites (tertiary alicyclic amines) is 1. The number of piperidine rings is 1. The monoisotopic (exact) mass is 399 g/mol. The summed E-state index contributed by atoms with van der Waals surface area (Å²) < 4.78 is 0. The van der Waals surface area contributed by atoms with Gasteiger partial charge in [-0.1, -0.05) is 29.8 Å². The summed E-state index contributed by atoms with van der Waals surface area (Å²) in [6.45, 7) is 8.57. The molecule has 2 aliphatic heterocycles. The number of nitrogens with zero attached hydrogens (tertiary/aromatic N) is 3. The largest absolute Gasteiger partial charge is 0.396 e. The van der Waals surface area contributed by atoms with Crippen molar-refractivity contribution in [1.82, 2.24) is 14.7 Å². The molecule has 1 aromatic carbocycles. The maximum atomic E-state index is 13.6. The number of aliphatic hydroxyl groups is 1. The summed E-state index contributed by atoms with van der Waals surface area (Å²) in [6, 6.07) is 9.12.